The predicted octanol–water partition coefficient (Wildman–Crippen LogP) is 2.18. The first kappa shape index (κ1) is 20.3. The van der Waals surface area contributed by atoms with Crippen LogP contribution in [0.2, 0.25) is 5.02 Å². The second-order valence-corrected chi connectivity index (χ2v) is 6.22. The van der Waals surface area contributed by atoms with Crippen LogP contribution in [0, 0.1) is 0 Å². The third kappa shape index (κ3) is 6.31. The summed E-state index contributed by atoms with van der Waals surface area (Å²) in [6.07, 6.45) is 0. The lowest BCUT2D eigenvalue weighted by Gasteiger charge is -2.12. The molecule has 0 heterocycles. The molecule has 8 heteroatoms. The maximum Gasteiger partial charge on any atom is 0.259 e. The van der Waals surface area contributed by atoms with E-state index in [9.17, 15) is 14.4 Å². The first-order valence-electron chi connectivity index (χ1n) is 8.12. The monoisotopic (exact) mass is 389 g/mol. The van der Waals surface area contributed by atoms with Gasteiger partial charge < -0.3 is 20.3 Å². The summed E-state index contributed by atoms with van der Waals surface area (Å²) >= 11 is 5.94. The molecule has 2 aromatic carbocycles. The maximum absolute atomic E-state index is 12.0. The van der Waals surface area contributed by atoms with E-state index in [0.29, 0.717) is 22.0 Å². The highest BCUT2D eigenvalue weighted by Gasteiger charge is 2.11. The lowest BCUT2D eigenvalue weighted by Crippen LogP contribution is -2.33. The predicted molar refractivity (Wildman–Crippen MR) is 103 cm³/mol. The lowest BCUT2D eigenvalue weighted by atomic mass is 10.2. The van der Waals surface area contributed by atoms with Crippen molar-refractivity contribution < 1.29 is 19.1 Å². The average molecular weight is 390 g/mol. The van der Waals surface area contributed by atoms with E-state index >= 15 is 0 Å². The summed E-state index contributed by atoms with van der Waals surface area (Å²) in [6, 6.07) is 13.2. The van der Waals surface area contributed by atoms with Crippen molar-refractivity contribution in [3.63, 3.8) is 0 Å². The number of benzene rings is 2. The van der Waals surface area contributed by atoms with Crippen LogP contribution in [-0.2, 0) is 9.59 Å². The number of hydrogen-bond donors (Lipinski definition) is 2. The number of nitrogens with one attached hydrogen (secondary N) is 2. The zero-order chi connectivity index (χ0) is 19.8. The van der Waals surface area contributed by atoms with Gasteiger partial charge in [0, 0.05) is 19.8 Å². The number of carbonyl (C=O) groups excluding carboxylic acids is 3. The summed E-state index contributed by atoms with van der Waals surface area (Å²) in [5.74, 6) is -0.450. The fourth-order valence-electron chi connectivity index (χ4n) is 2.01. The van der Waals surface area contributed by atoms with Gasteiger partial charge in [-0.3, -0.25) is 14.4 Å². The van der Waals surface area contributed by atoms with Crippen LogP contribution in [0.15, 0.2) is 48.5 Å². The van der Waals surface area contributed by atoms with Crippen LogP contribution in [-0.4, -0.2) is 49.9 Å². The van der Waals surface area contributed by atoms with Gasteiger partial charge in [-0.2, -0.15) is 0 Å². The Bertz CT molecular complexity index is 822. The number of likely N-dealkylation sites (N-methyl/N-ethyl adjacent to an activating group) is 1. The van der Waals surface area contributed by atoms with Crippen LogP contribution >= 0.6 is 11.6 Å². The molecule has 0 atom stereocenters. The number of anilines is 1. The van der Waals surface area contributed by atoms with Gasteiger partial charge in [0.15, 0.2) is 6.61 Å². The van der Waals surface area contributed by atoms with E-state index in [1.165, 1.54) is 4.90 Å². The van der Waals surface area contributed by atoms with Crippen LogP contribution in [0.3, 0.4) is 0 Å². The van der Waals surface area contributed by atoms with E-state index in [1.807, 2.05) is 0 Å². The molecule has 2 N–H and O–H groups in total. The normalized spacial score (nSPS) is 10.0. The van der Waals surface area contributed by atoms with Gasteiger partial charge in [0.25, 0.3) is 11.8 Å². The minimum atomic E-state index is -0.426. The number of halogens is 1. The smallest absolute Gasteiger partial charge is 0.259 e. The summed E-state index contributed by atoms with van der Waals surface area (Å²) in [5, 5.41) is 5.49. The van der Waals surface area contributed by atoms with E-state index in [2.05, 4.69) is 10.6 Å². The van der Waals surface area contributed by atoms with Gasteiger partial charge >= 0.3 is 0 Å². The minimum absolute atomic E-state index is 0.0627. The number of ether oxygens (including phenoxy) is 1. The number of carbonyl (C=O) groups is 3. The molecule has 0 aromatic heterocycles. The molecule has 2 aromatic rings. The van der Waals surface area contributed by atoms with Gasteiger partial charge in [-0.05, 0) is 36.4 Å². The molecule has 3 amide bonds. The van der Waals surface area contributed by atoms with Crippen LogP contribution in [0.4, 0.5) is 5.69 Å². The Morgan fingerprint density at radius 3 is 2.33 bits per heavy atom. The molecule has 0 spiro atoms. The summed E-state index contributed by atoms with van der Waals surface area (Å²) in [4.78, 5) is 36.9. The summed E-state index contributed by atoms with van der Waals surface area (Å²) in [6.45, 7) is -0.258. The molecule has 0 aliphatic carbocycles. The molecule has 0 aliphatic rings. The molecule has 0 bridgehead atoms. The Balaban J connectivity index is 1.81. The Labute approximate surface area is 162 Å². The molecule has 27 heavy (non-hydrogen) atoms. The number of hydrogen-bond acceptors (Lipinski definition) is 4. The molecule has 2 rings (SSSR count). The summed E-state index contributed by atoms with van der Waals surface area (Å²) in [7, 11) is 3.30. The molecular formula is C19H20ClN3O4. The van der Waals surface area contributed by atoms with Crippen molar-refractivity contribution in [3.05, 3.63) is 59.1 Å². The van der Waals surface area contributed by atoms with Crippen LogP contribution in [0.5, 0.6) is 5.75 Å². The molecule has 0 fully saturated rings. The largest absolute Gasteiger partial charge is 0.484 e. The summed E-state index contributed by atoms with van der Waals surface area (Å²) in [5.41, 5.74) is 0.846. The maximum atomic E-state index is 12.0. The van der Waals surface area contributed by atoms with E-state index in [-0.39, 0.29) is 25.0 Å². The Hall–Kier alpha value is -3.06. The second-order valence-electron chi connectivity index (χ2n) is 5.81. The highest BCUT2D eigenvalue weighted by Crippen LogP contribution is 2.16. The standard InChI is InChI=1S/C19H20ClN3O4/c1-23(2)18(25)12-27-14-9-7-13(8-10-14)22-17(24)11-21-19(26)15-5-3-4-6-16(15)20/h3-10H,11-12H2,1-2H3,(H,21,26)(H,22,24). The van der Waals surface area contributed by atoms with Gasteiger partial charge in [-0.1, -0.05) is 23.7 Å². The van der Waals surface area contributed by atoms with Crippen LogP contribution in [0.1, 0.15) is 10.4 Å². The fraction of sp³-hybridized carbons (Fsp3) is 0.211. The Morgan fingerprint density at radius 2 is 1.70 bits per heavy atom. The lowest BCUT2D eigenvalue weighted by molar-refractivity contribution is -0.130. The van der Waals surface area contributed by atoms with E-state index in [1.54, 1.807) is 62.6 Å². The molecular weight excluding hydrogens is 370 g/mol. The van der Waals surface area contributed by atoms with Crippen molar-refractivity contribution in [2.45, 2.75) is 0 Å². The van der Waals surface area contributed by atoms with Crippen LogP contribution < -0.4 is 15.4 Å². The van der Waals surface area contributed by atoms with E-state index < -0.39 is 5.91 Å². The SMILES string of the molecule is CN(C)C(=O)COc1ccc(NC(=O)CNC(=O)c2ccccc2Cl)cc1. The highest BCUT2D eigenvalue weighted by atomic mass is 35.5. The molecule has 0 aliphatic heterocycles. The number of rotatable bonds is 7. The quantitative estimate of drug-likeness (QED) is 0.759. The van der Waals surface area contributed by atoms with Gasteiger partial charge in [-0.25, -0.2) is 0 Å². The van der Waals surface area contributed by atoms with Crippen molar-refractivity contribution in [2.75, 3.05) is 32.6 Å². The highest BCUT2D eigenvalue weighted by molar-refractivity contribution is 6.33. The molecule has 0 saturated carbocycles. The molecule has 0 unspecified atom stereocenters. The number of amides is 3. The van der Waals surface area contributed by atoms with Crippen molar-refractivity contribution in [1.82, 2.24) is 10.2 Å². The zero-order valence-corrected chi connectivity index (χ0v) is 15.7. The van der Waals surface area contributed by atoms with Gasteiger partial charge in [0.2, 0.25) is 5.91 Å². The minimum Gasteiger partial charge on any atom is -0.484 e. The van der Waals surface area contributed by atoms with Gasteiger partial charge in [0.05, 0.1) is 17.1 Å². The first-order chi connectivity index (χ1) is 12.9. The second kappa shape index (κ2) is 9.59. The van der Waals surface area contributed by atoms with Gasteiger partial charge in [-0.15, -0.1) is 0 Å². The molecule has 0 saturated heterocycles. The van der Waals surface area contributed by atoms with E-state index in [4.69, 9.17) is 16.3 Å². The zero-order valence-electron chi connectivity index (χ0n) is 15.0. The van der Waals surface area contributed by atoms with Gasteiger partial charge in [0.1, 0.15) is 5.75 Å². The topological polar surface area (TPSA) is 87.7 Å². The Morgan fingerprint density at radius 1 is 1.04 bits per heavy atom. The van der Waals surface area contributed by atoms with Crippen molar-refractivity contribution in [1.29, 1.82) is 0 Å². The van der Waals surface area contributed by atoms with Crippen molar-refractivity contribution in [2.24, 2.45) is 0 Å². The fourth-order valence-corrected chi connectivity index (χ4v) is 2.24. The van der Waals surface area contributed by atoms with E-state index in [0.717, 1.165) is 0 Å². The number of nitrogens with zero attached hydrogens (tertiary/aromatic N) is 1. The Kier molecular flexibility index (Phi) is 7.19. The van der Waals surface area contributed by atoms with Crippen molar-refractivity contribution in [3.8, 4) is 5.75 Å². The third-order valence-electron chi connectivity index (χ3n) is 3.53. The average Bonchev–Trinajstić information content (AvgIpc) is 2.65. The molecule has 7 nitrogen and oxygen atoms in total. The first-order valence-corrected chi connectivity index (χ1v) is 8.50. The van der Waals surface area contributed by atoms with Crippen molar-refractivity contribution >= 4 is 35.0 Å². The van der Waals surface area contributed by atoms with Crippen LogP contribution in [0.25, 0.3) is 0 Å². The molecule has 142 valence electrons. The third-order valence-corrected chi connectivity index (χ3v) is 3.86. The molecule has 0 radical (unpaired) electrons. The summed E-state index contributed by atoms with van der Waals surface area (Å²) < 4.78 is 5.35.